The first-order valence-corrected chi connectivity index (χ1v) is 6.44. The molecule has 0 saturated heterocycles. The maximum absolute atomic E-state index is 12.1. The van der Waals surface area contributed by atoms with Crippen LogP contribution in [0.2, 0.25) is 10.0 Å². The lowest BCUT2D eigenvalue weighted by Crippen LogP contribution is -2.13. The number of nitrogen functional groups attached to an aromatic ring is 1. The van der Waals surface area contributed by atoms with Gasteiger partial charge in [-0.15, -0.1) is 0 Å². The highest BCUT2D eigenvalue weighted by atomic mass is 35.5. The summed E-state index contributed by atoms with van der Waals surface area (Å²) in [5.41, 5.74) is 5.85. The molecule has 8 heteroatoms. The summed E-state index contributed by atoms with van der Waals surface area (Å²) in [6, 6.07) is 8.27. The smallest absolute Gasteiger partial charge is 0.294 e. The summed E-state index contributed by atoms with van der Waals surface area (Å²) in [6.45, 7) is 0. The van der Waals surface area contributed by atoms with Crippen LogP contribution in [-0.4, -0.2) is 10.8 Å². The van der Waals surface area contributed by atoms with Crippen LogP contribution in [0.25, 0.3) is 0 Å². The van der Waals surface area contributed by atoms with E-state index in [0.29, 0.717) is 10.7 Å². The number of nitrogens with zero attached hydrogens (tertiary/aromatic N) is 1. The molecule has 0 spiro atoms. The Morgan fingerprint density at radius 1 is 1.14 bits per heavy atom. The number of hydrogen-bond acceptors (Lipinski definition) is 4. The summed E-state index contributed by atoms with van der Waals surface area (Å²) in [4.78, 5) is 22.4. The van der Waals surface area contributed by atoms with Gasteiger partial charge in [0.2, 0.25) is 0 Å². The minimum Gasteiger partial charge on any atom is -0.399 e. The molecule has 0 unspecified atom stereocenters. The molecule has 2 rings (SSSR count). The lowest BCUT2D eigenvalue weighted by Gasteiger charge is -2.07. The minimum atomic E-state index is -0.631. The van der Waals surface area contributed by atoms with Gasteiger partial charge in [0.1, 0.15) is 5.69 Å². The predicted octanol–water partition coefficient (Wildman–Crippen LogP) is 3.74. The van der Waals surface area contributed by atoms with Crippen LogP contribution in [0.3, 0.4) is 0 Å². The van der Waals surface area contributed by atoms with Crippen molar-refractivity contribution in [3.8, 4) is 0 Å². The average Bonchev–Trinajstić information content (AvgIpc) is 2.39. The molecule has 0 atom stereocenters. The molecule has 0 heterocycles. The van der Waals surface area contributed by atoms with Gasteiger partial charge in [0, 0.05) is 27.4 Å². The SMILES string of the molecule is Nc1cc(Cl)cc(C(=O)Nc2ccc(Cl)cc2[N+](=O)[O-])c1. The Kier molecular flexibility index (Phi) is 4.30. The van der Waals surface area contributed by atoms with Gasteiger partial charge < -0.3 is 11.1 Å². The van der Waals surface area contributed by atoms with Gasteiger partial charge in [0.15, 0.2) is 0 Å². The van der Waals surface area contributed by atoms with Crippen LogP contribution in [-0.2, 0) is 0 Å². The Hall–Kier alpha value is -2.31. The molecule has 108 valence electrons. The molecule has 0 radical (unpaired) electrons. The number of carbonyl (C=O) groups excluding carboxylic acids is 1. The zero-order chi connectivity index (χ0) is 15.6. The van der Waals surface area contributed by atoms with Crippen LogP contribution in [0.4, 0.5) is 17.1 Å². The molecule has 2 aromatic carbocycles. The third-order valence-electron chi connectivity index (χ3n) is 2.59. The minimum absolute atomic E-state index is 0.0351. The molecule has 2 aromatic rings. The molecule has 0 aliphatic heterocycles. The van der Waals surface area contributed by atoms with E-state index in [9.17, 15) is 14.9 Å². The van der Waals surface area contributed by atoms with Crippen molar-refractivity contribution in [2.24, 2.45) is 0 Å². The zero-order valence-electron chi connectivity index (χ0n) is 10.5. The highest BCUT2D eigenvalue weighted by Gasteiger charge is 2.17. The summed E-state index contributed by atoms with van der Waals surface area (Å²) in [5, 5.41) is 13.9. The van der Waals surface area contributed by atoms with Gasteiger partial charge in [-0.05, 0) is 30.3 Å². The van der Waals surface area contributed by atoms with Crippen molar-refractivity contribution in [1.82, 2.24) is 0 Å². The van der Waals surface area contributed by atoms with Crippen molar-refractivity contribution in [2.75, 3.05) is 11.1 Å². The first-order valence-electron chi connectivity index (χ1n) is 5.68. The van der Waals surface area contributed by atoms with Crippen molar-refractivity contribution in [2.45, 2.75) is 0 Å². The van der Waals surface area contributed by atoms with E-state index in [-0.39, 0.29) is 22.0 Å². The Balaban J connectivity index is 2.33. The van der Waals surface area contributed by atoms with E-state index in [4.69, 9.17) is 28.9 Å². The maximum atomic E-state index is 12.1. The summed E-state index contributed by atoms with van der Waals surface area (Å²) in [6.07, 6.45) is 0. The van der Waals surface area contributed by atoms with Gasteiger partial charge in [-0.3, -0.25) is 14.9 Å². The lowest BCUT2D eigenvalue weighted by molar-refractivity contribution is -0.383. The molecule has 0 saturated carbocycles. The Morgan fingerprint density at radius 2 is 1.86 bits per heavy atom. The Bertz CT molecular complexity index is 714. The number of halogens is 2. The standard InChI is InChI=1S/C13H9Cl2N3O3/c14-8-1-2-11(12(6-8)18(20)21)17-13(19)7-3-9(15)5-10(16)4-7/h1-6H,16H2,(H,17,19). The van der Waals surface area contributed by atoms with Gasteiger partial charge in [-0.25, -0.2) is 0 Å². The number of benzene rings is 2. The molecule has 0 fully saturated rings. The second-order valence-corrected chi connectivity index (χ2v) is 5.02. The Labute approximate surface area is 129 Å². The summed E-state index contributed by atoms with van der Waals surface area (Å²) >= 11 is 11.5. The number of amides is 1. The van der Waals surface area contributed by atoms with Crippen LogP contribution >= 0.6 is 23.2 Å². The molecule has 1 amide bonds. The first-order chi connectivity index (χ1) is 9.86. The van der Waals surface area contributed by atoms with Crippen LogP contribution in [0.5, 0.6) is 0 Å². The maximum Gasteiger partial charge on any atom is 0.294 e. The van der Waals surface area contributed by atoms with E-state index in [0.717, 1.165) is 6.07 Å². The molecule has 0 aliphatic carbocycles. The summed E-state index contributed by atoms with van der Waals surface area (Å²) < 4.78 is 0. The molecule has 21 heavy (non-hydrogen) atoms. The number of nitro benzene ring substituents is 1. The second kappa shape index (κ2) is 5.99. The van der Waals surface area contributed by atoms with Gasteiger partial charge in [0.05, 0.1) is 4.92 Å². The topological polar surface area (TPSA) is 98.3 Å². The molecular weight excluding hydrogens is 317 g/mol. The monoisotopic (exact) mass is 325 g/mol. The first kappa shape index (κ1) is 15.1. The van der Waals surface area contributed by atoms with Gasteiger partial charge in [-0.2, -0.15) is 0 Å². The van der Waals surface area contributed by atoms with E-state index < -0.39 is 10.8 Å². The van der Waals surface area contributed by atoms with Crippen LogP contribution in [0.1, 0.15) is 10.4 Å². The number of carbonyl (C=O) groups is 1. The largest absolute Gasteiger partial charge is 0.399 e. The summed E-state index contributed by atoms with van der Waals surface area (Å²) in [7, 11) is 0. The molecule has 6 nitrogen and oxygen atoms in total. The number of anilines is 2. The average molecular weight is 326 g/mol. The molecular formula is C13H9Cl2N3O3. The molecule has 0 bridgehead atoms. The van der Waals surface area contributed by atoms with Crippen molar-refractivity contribution < 1.29 is 9.72 Å². The molecule has 3 N–H and O–H groups in total. The van der Waals surface area contributed by atoms with E-state index >= 15 is 0 Å². The highest BCUT2D eigenvalue weighted by Crippen LogP contribution is 2.28. The number of rotatable bonds is 3. The highest BCUT2D eigenvalue weighted by molar-refractivity contribution is 6.31. The van der Waals surface area contributed by atoms with Crippen LogP contribution in [0, 0.1) is 10.1 Å². The fourth-order valence-electron chi connectivity index (χ4n) is 1.70. The van der Waals surface area contributed by atoms with Gasteiger partial charge in [0.25, 0.3) is 11.6 Å². The van der Waals surface area contributed by atoms with Crippen molar-refractivity contribution >= 4 is 46.2 Å². The predicted molar refractivity (Wildman–Crippen MR) is 81.9 cm³/mol. The zero-order valence-corrected chi connectivity index (χ0v) is 12.0. The molecule has 0 aromatic heterocycles. The Morgan fingerprint density at radius 3 is 2.48 bits per heavy atom. The van der Waals surface area contributed by atoms with E-state index in [1.807, 2.05) is 0 Å². The molecule has 0 aliphatic rings. The van der Waals surface area contributed by atoms with Crippen LogP contribution < -0.4 is 11.1 Å². The van der Waals surface area contributed by atoms with E-state index in [1.54, 1.807) is 0 Å². The van der Waals surface area contributed by atoms with Gasteiger partial charge >= 0.3 is 0 Å². The van der Waals surface area contributed by atoms with E-state index in [1.165, 1.54) is 30.3 Å². The normalized spacial score (nSPS) is 10.2. The fraction of sp³-hybridized carbons (Fsp3) is 0. The summed E-state index contributed by atoms with van der Waals surface area (Å²) in [5.74, 6) is -0.561. The van der Waals surface area contributed by atoms with Crippen molar-refractivity contribution in [3.05, 3.63) is 62.1 Å². The third kappa shape index (κ3) is 3.62. The number of nitrogens with two attached hydrogens (primary N) is 1. The van der Waals surface area contributed by atoms with Crippen molar-refractivity contribution in [3.63, 3.8) is 0 Å². The number of nitro groups is 1. The number of hydrogen-bond donors (Lipinski definition) is 2. The third-order valence-corrected chi connectivity index (χ3v) is 3.04. The van der Waals surface area contributed by atoms with Crippen LogP contribution in [0.15, 0.2) is 36.4 Å². The fourth-order valence-corrected chi connectivity index (χ4v) is 2.11. The quantitative estimate of drug-likeness (QED) is 0.510. The number of nitrogens with one attached hydrogen (secondary N) is 1. The van der Waals surface area contributed by atoms with E-state index in [2.05, 4.69) is 5.32 Å². The van der Waals surface area contributed by atoms with Crippen molar-refractivity contribution in [1.29, 1.82) is 0 Å². The lowest BCUT2D eigenvalue weighted by atomic mass is 10.2. The van der Waals surface area contributed by atoms with Gasteiger partial charge in [-0.1, -0.05) is 23.2 Å². The second-order valence-electron chi connectivity index (χ2n) is 4.15.